The molecule has 0 saturated heterocycles. The molecule has 0 aliphatic heterocycles. The van der Waals surface area contributed by atoms with E-state index in [9.17, 15) is 14.9 Å². The van der Waals surface area contributed by atoms with Gasteiger partial charge in [0.2, 0.25) is 0 Å². The Labute approximate surface area is 91.9 Å². The number of rotatable bonds is 5. The van der Waals surface area contributed by atoms with Gasteiger partial charge < -0.3 is 9.47 Å². The van der Waals surface area contributed by atoms with Crippen molar-refractivity contribution in [3.63, 3.8) is 0 Å². The minimum absolute atomic E-state index is 0.00679. The van der Waals surface area contributed by atoms with E-state index in [2.05, 4.69) is 4.74 Å². The van der Waals surface area contributed by atoms with Crippen LogP contribution in [-0.4, -0.2) is 24.1 Å². The van der Waals surface area contributed by atoms with Crippen LogP contribution in [0.25, 0.3) is 0 Å². The Balaban J connectivity index is 2.38. The fourth-order valence-corrected chi connectivity index (χ4v) is 1.01. The molecular weight excluding hydrogens is 214 g/mol. The number of esters is 1. The summed E-state index contributed by atoms with van der Waals surface area (Å²) in [7, 11) is 0. The third-order valence-corrected chi connectivity index (χ3v) is 1.70. The molecular formula is C10H11NO5. The Bertz CT molecular complexity index is 373. The zero-order valence-electron chi connectivity index (χ0n) is 8.71. The third kappa shape index (κ3) is 3.95. The van der Waals surface area contributed by atoms with Crippen LogP contribution in [0.5, 0.6) is 5.75 Å². The maximum Gasteiger partial charge on any atom is 0.302 e. The molecule has 0 saturated carbocycles. The average molecular weight is 225 g/mol. The van der Waals surface area contributed by atoms with Gasteiger partial charge in [0.05, 0.1) is 4.92 Å². The van der Waals surface area contributed by atoms with Crippen molar-refractivity contribution in [3.8, 4) is 5.75 Å². The van der Waals surface area contributed by atoms with Crippen LogP contribution in [0.2, 0.25) is 0 Å². The number of hydrogen-bond donors (Lipinski definition) is 0. The van der Waals surface area contributed by atoms with E-state index in [1.165, 1.54) is 31.2 Å². The molecule has 1 aromatic carbocycles. The zero-order chi connectivity index (χ0) is 12.0. The second kappa shape index (κ2) is 5.69. The van der Waals surface area contributed by atoms with Gasteiger partial charge in [0.15, 0.2) is 0 Å². The molecule has 1 rings (SSSR count). The first-order valence-electron chi connectivity index (χ1n) is 4.60. The molecule has 0 bridgehead atoms. The predicted octanol–water partition coefficient (Wildman–Crippen LogP) is 1.54. The molecule has 16 heavy (non-hydrogen) atoms. The number of nitro groups is 1. The molecule has 6 heteroatoms. The first-order valence-corrected chi connectivity index (χ1v) is 4.60. The highest BCUT2D eigenvalue weighted by Crippen LogP contribution is 2.16. The summed E-state index contributed by atoms with van der Waals surface area (Å²) >= 11 is 0. The third-order valence-electron chi connectivity index (χ3n) is 1.70. The van der Waals surface area contributed by atoms with E-state index < -0.39 is 4.92 Å². The minimum Gasteiger partial charge on any atom is -0.490 e. The molecule has 86 valence electrons. The van der Waals surface area contributed by atoms with Gasteiger partial charge in [0.25, 0.3) is 5.69 Å². The van der Waals surface area contributed by atoms with E-state index in [-0.39, 0.29) is 24.9 Å². The van der Waals surface area contributed by atoms with Gasteiger partial charge in [0.1, 0.15) is 19.0 Å². The Morgan fingerprint density at radius 3 is 2.44 bits per heavy atom. The quantitative estimate of drug-likeness (QED) is 0.328. The average Bonchev–Trinajstić information content (AvgIpc) is 2.25. The fourth-order valence-electron chi connectivity index (χ4n) is 1.01. The van der Waals surface area contributed by atoms with E-state index in [1.54, 1.807) is 0 Å². The van der Waals surface area contributed by atoms with Crippen LogP contribution in [0.1, 0.15) is 6.92 Å². The number of benzene rings is 1. The lowest BCUT2D eigenvalue weighted by Gasteiger charge is -2.05. The number of carbonyl (C=O) groups excluding carboxylic acids is 1. The molecule has 0 radical (unpaired) electrons. The molecule has 1 aromatic rings. The van der Waals surface area contributed by atoms with E-state index in [1.807, 2.05) is 0 Å². The highest BCUT2D eigenvalue weighted by atomic mass is 16.6. The molecule has 0 atom stereocenters. The van der Waals surface area contributed by atoms with Crippen molar-refractivity contribution in [2.75, 3.05) is 13.2 Å². The summed E-state index contributed by atoms with van der Waals surface area (Å²) in [6.07, 6.45) is 0. The number of non-ortho nitro benzene ring substituents is 1. The minimum atomic E-state index is -0.483. The van der Waals surface area contributed by atoms with Crippen molar-refractivity contribution in [3.05, 3.63) is 34.4 Å². The van der Waals surface area contributed by atoms with E-state index in [0.717, 1.165) is 0 Å². The Kier molecular flexibility index (Phi) is 4.26. The van der Waals surface area contributed by atoms with Gasteiger partial charge >= 0.3 is 5.97 Å². The molecule has 0 N–H and O–H groups in total. The molecule has 0 heterocycles. The van der Waals surface area contributed by atoms with Crippen molar-refractivity contribution in [2.24, 2.45) is 0 Å². The van der Waals surface area contributed by atoms with Gasteiger partial charge in [0, 0.05) is 19.1 Å². The molecule has 0 aliphatic rings. The largest absolute Gasteiger partial charge is 0.490 e. The lowest BCUT2D eigenvalue weighted by molar-refractivity contribution is -0.384. The zero-order valence-corrected chi connectivity index (χ0v) is 8.71. The summed E-state index contributed by atoms with van der Waals surface area (Å²) in [6, 6.07) is 5.68. The predicted molar refractivity (Wildman–Crippen MR) is 55.2 cm³/mol. The molecule has 0 spiro atoms. The normalized spacial score (nSPS) is 9.56. The summed E-state index contributed by atoms with van der Waals surface area (Å²) in [5.74, 6) is 0.130. The molecule has 6 nitrogen and oxygen atoms in total. The van der Waals surface area contributed by atoms with E-state index in [4.69, 9.17) is 4.74 Å². The Morgan fingerprint density at radius 2 is 1.94 bits per heavy atom. The summed E-state index contributed by atoms with van der Waals surface area (Å²) in [4.78, 5) is 20.3. The fraction of sp³-hybridized carbons (Fsp3) is 0.300. The van der Waals surface area contributed by atoms with Crippen LogP contribution in [0.15, 0.2) is 24.3 Å². The molecule has 0 unspecified atom stereocenters. The first kappa shape index (κ1) is 12.0. The smallest absolute Gasteiger partial charge is 0.302 e. The highest BCUT2D eigenvalue weighted by molar-refractivity contribution is 5.65. The lowest BCUT2D eigenvalue weighted by atomic mass is 10.3. The molecule has 0 amide bonds. The molecule has 0 aromatic heterocycles. The summed E-state index contributed by atoms with van der Waals surface area (Å²) in [5, 5.41) is 10.4. The van der Waals surface area contributed by atoms with E-state index in [0.29, 0.717) is 5.75 Å². The molecule has 0 fully saturated rings. The van der Waals surface area contributed by atoms with Gasteiger partial charge in [-0.2, -0.15) is 0 Å². The van der Waals surface area contributed by atoms with Crippen LogP contribution >= 0.6 is 0 Å². The monoisotopic (exact) mass is 225 g/mol. The molecule has 0 aliphatic carbocycles. The highest BCUT2D eigenvalue weighted by Gasteiger charge is 2.04. The summed E-state index contributed by atoms with van der Waals surface area (Å²) in [5.41, 5.74) is 0.00679. The van der Waals surface area contributed by atoms with Gasteiger partial charge in [-0.05, 0) is 12.1 Å². The van der Waals surface area contributed by atoms with Crippen molar-refractivity contribution >= 4 is 11.7 Å². The van der Waals surface area contributed by atoms with Crippen molar-refractivity contribution in [1.29, 1.82) is 0 Å². The summed E-state index contributed by atoms with van der Waals surface area (Å²) in [6.45, 7) is 1.69. The van der Waals surface area contributed by atoms with Crippen LogP contribution in [-0.2, 0) is 9.53 Å². The van der Waals surface area contributed by atoms with Crippen LogP contribution in [0, 0.1) is 10.1 Å². The van der Waals surface area contributed by atoms with Gasteiger partial charge in [-0.25, -0.2) is 0 Å². The van der Waals surface area contributed by atoms with Crippen LogP contribution in [0.4, 0.5) is 5.69 Å². The first-order chi connectivity index (χ1) is 7.59. The van der Waals surface area contributed by atoms with Gasteiger partial charge in [-0.3, -0.25) is 14.9 Å². The number of ether oxygens (including phenoxy) is 2. The van der Waals surface area contributed by atoms with Crippen molar-refractivity contribution in [1.82, 2.24) is 0 Å². The van der Waals surface area contributed by atoms with Crippen molar-refractivity contribution < 1.29 is 19.2 Å². The SMILES string of the molecule is CC(=O)OCCOc1ccc([N+](=O)[O-])cc1. The van der Waals surface area contributed by atoms with Crippen LogP contribution in [0.3, 0.4) is 0 Å². The number of nitro benzene ring substituents is 1. The maximum absolute atomic E-state index is 10.4. The maximum atomic E-state index is 10.4. The van der Waals surface area contributed by atoms with Gasteiger partial charge in [-0.15, -0.1) is 0 Å². The lowest BCUT2D eigenvalue weighted by Crippen LogP contribution is -2.09. The second-order valence-electron chi connectivity index (χ2n) is 2.94. The van der Waals surface area contributed by atoms with Crippen molar-refractivity contribution in [2.45, 2.75) is 6.92 Å². The number of carbonyl (C=O) groups is 1. The number of nitrogens with zero attached hydrogens (tertiary/aromatic N) is 1. The summed E-state index contributed by atoms with van der Waals surface area (Å²) < 4.78 is 9.84. The van der Waals surface area contributed by atoms with Gasteiger partial charge in [-0.1, -0.05) is 0 Å². The Morgan fingerprint density at radius 1 is 1.31 bits per heavy atom. The van der Waals surface area contributed by atoms with E-state index >= 15 is 0 Å². The topological polar surface area (TPSA) is 78.7 Å². The Hall–Kier alpha value is -2.11. The number of hydrogen-bond acceptors (Lipinski definition) is 5. The second-order valence-corrected chi connectivity index (χ2v) is 2.94. The van der Waals surface area contributed by atoms with Crippen LogP contribution < -0.4 is 4.74 Å². The standard InChI is InChI=1S/C10H11NO5/c1-8(12)15-6-7-16-10-4-2-9(3-5-10)11(13)14/h2-5H,6-7H2,1H3.